The van der Waals surface area contributed by atoms with Crippen LogP contribution in [0, 0.1) is 0 Å². The van der Waals surface area contributed by atoms with Crippen molar-refractivity contribution >= 4 is 5.91 Å². The third-order valence-electron chi connectivity index (χ3n) is 0.657. The zero-order valence-electron chi connectivity index (χ0n) is 4.56. The van der Waals surface area contributed by atoms with Crippen LogP contribution in [0.2, 0.25) is 0 Å². The van der Waals surface area contributed by atoms with E-state index in [4.69, 9.17) is 16.4 Å². The van der Waals surface area contributed by atoms with Crippen molar-refractivity contribution in [2.75, 3.05) is 6.61 Å². The molecule has 1 amide bonds. The zero-order valence-corrected chi connectivity index (χ0v) is 4.56. The Morgan fingerprint density at radius 2 is 2.56 bits per heavy atom. The molecule has 0 bridgehead atoms. The van der Waals surface area contributed by atoms with E-state index in [1.54, 1.807) is 0 Å². The summed E-state index contributed by atoms with van der Waals surface area (Å²) in [6.07, 6.45) is 0. The van der Waals surface area contributed by atoms with Crippen molar-refractivity contribution in [3.63, 3.8) is 0 Å². The second-order valence-corrected chi connectivity index (χ2v) is 1.32. The lowest BCUT2D eigenvalue weighted by Crippen LogP contribution is -2.32. The van der Waals surface area contributed by atoms with Crippen molar-refractivity contribution in [1.82, 2.24) is 0 Å². The molecule has 0 saturated heterocycles. The quantitative estimate of drug-likeness (QED) is 0.288. The molecule has 0 unspecified atom stereocenters. The van der Waals surface area contributed by atoms with E-state index in [1.807, 2.05) is 0 Å². The molecule has 0 radical (unpaired) electrons. The molecule has 9 heavy (non-hydrogen) atoms. The molecule has 0 aromatic carbocycles. The second-order valence-electron chi connectivity index (χ2n) is 1.32. The number of carbonyl (C=O) groups is 1. The summed E-state index contributed by atoms with van der Waals surface area (Å²) in [6.45, 7) is -0.502. The molecular formula is C3H6N4O2. The number of hydrogen-bond acceptors (Lipinski definition) is 3. The number of nitrogens with zero attached hydrogens (tertiary/aromatic N) is 3. The fraction of sp³-hybridized carbons (Fsp3) is 0.667. The van der Waals surface area contributed by atoms with E-state index in [1.165, 1.54) is 0 Å². The van der Waals surface area contributed by atoms with Crippen LogP contribution in [-0.4, -0.2) is 23.7 Å². The third-order valence-corrected chi connectivity index (χ3v) is 0.657. The first kappa shape index (κ1) is 7.90. The molecule has 0 rings (SSSR count). The molecule has 0 aliphatic heterocycles. The first-order valence-corrected chi connectivity index (χ1v) is 2.17. The van der Waals surface area contributed by atoms with Gasteiger partial charge in [0.15, 0.2) is 0 Å². The second kappa shape index (κ2) is 3.85. The first-order valence-electron chi connectivity index (χ1n) is 2.17. The molecule has 0 spiro atoms. The molecule has 6 nitrogen and oxygen atoms in total. The van der Waals surface area contributed by atoms with E-state index in [9.17, 15) is 4.79 Å². The smallest absolute Gasteiger partial charge is 0.237 e. The van der Waals surface area contributed by atoms with E-state index in [-0.39, 0.29) is 0 Å². The molecule has 0 aliphatic rings. The number of amides is 1. The Morgan fingerprint density at radius 3 is 2.89 bits per heavy atom. The highest BCUT2D eigenvalue weighted by Crippen LogP contribution is 1.81. The molecule has 3 N–H and O–H groups in total. The highest BCUT2D eigenvalue weighted by Gasteiger charge is 2.07. The van der Waals surface area contributed by atoms with Gasteiger partial charge in [0.05, 0.1) is 12.6 Å². The fourth-order valence-corrected chi connectivity index (χ4v) is 0.196. The van der Waals surface area contributed by atoms with Gasteiger partial charge in [0.2, 0.25) is 5.91 Å². The minimum absolute atomic E-state index is 0.502. The number of carbonyl (C=O) groups excluding carboxylic acids is 1. The van der Waals surface area contributed by atoms with Crippen LogP contribution in [-0.2, 0) is 4.79 Å². The average molecular weight is 130 g/mol. The Balaban J connectivity index is 3.87. The summed E-state index contributed by atoms with van der Waals surface area (Å²) in [5, 5.41) is 10.9. The predicted molar refractivity (Wildman–Crippen MR) is 29.2 cm³/mol. The van der Waals surface area contributed by atoms with E-state index in [0.29, 0.717) is 0 Å². The largest absolute Gasteiger partial charge is 0.394 e. The topological polar surface area (TPSA) is 112 Å². The molecule has 0 heterocycles. The number of rotatable bonds is 2. The van der Waals surface area contributed by atoms with Crippen molar-refractivity contribution < 1.29 is 9.90 Å². The van der Waals surface area contributed by atoms with Crippen molar-refractivity contribution in [2.24, 2.45) is 10.8 Å². The predicted octanol–water partition coefficient (Wildman–Crippen LogP) is -0.857. The van der Waals surface area contributed by atoms with Gasteiger partial charge in [0.25, 0.3) is 0 Å². The molecule has 0 fully saturated rings. The van der Waals surface area contributed by atoms with E-state index < -0.39 is 18.6 Å². The highest BCUT2D eigenvalue weighted by atomic mass is 16.3. The lowest BCUT2D eigenvalue weighted by atomic mass is 10.3. The Bertz CT molecular complexity index is 150. The van der Waals surface area contributed by atoms with Crippen LogP contribution in [0.1, 0.15) is 0 Å². The molecule has 0 aliphatic carbocycles. The highest BCUT2D eigenvalue weighted by molar-refractivity contribution is 5.82. The van der Waals surface area contributed by atoms with Gasteiger partial charge in [-0.3, -0.25) is 4.79 Å². The molecule has 50 valence electrons. The maximum Gasteiger partial charge on any atom is 0.237 e. The summed E-state index contributed by atoms with van der Waals surface area (Å²) < 4.78 is 0. The van der Waals surface area contributed by atoms with Crippen LogP contribution in [0.4, 0.5) is 0 Å². The lowest BCUT2D eigenvalue weighted by Gasteiger charge is -1.98. The minimum atomic E-state index is -1.08. The van der Waals surface area contributed by atoms with Crippen LogP contribution in [0.25, 0.3) is 10.4 Å². The van der Waals surface area contributed by atoms with Gasteiger partial charge in [0, 0.05) is 4.91 Å². The van der Waals surface area contributed by atoms with Crippen LogP contribution in [0.15, 0.2) is 5.11 Å². The fourth-order valence-electron chi connectivity index (χ4n) is 0.196. The maximum atomic E-state index is 10.3. The lowest BCUT2D eigenvalue weighted by molar-refractivity contribution is -0.119. The minimum Gasteiger partial charge on any atom is -0.394 e. The van der Waals surface area contributed by atoms with Crippen LogP contribution >= 0.6 is 0 Å². The van der Waals surface area contributed by atoms with Gasteiger partial charge in [-0.15, -0.1) is 0 Å². The Hall–Kier alpha value is -1.10. The van der Waals surface area contributed by atoms with Crippen LogP contribution in [0.3, 0.4) is 0 Å². The molecular weight excluding hydrogens is 124 g/mol. The number of nitrogens with two attached hydrogens (primary N) is 1. The van der Waals surface area contributed by atoms with Crippen molar-refractivity contribution in [2.45, 2.75) is 6.04 Å². The van der Waals surface area contributed by atoms with E-state index in [2.05, 4.69) is 10.0 Å². The normalized spacial score (nSPS) is 11.8. The van der Waals surface area contributed by atoms with E-state index in [0.717, 1.165) is 0 Å². The van der Waals surface area contributed by atoms with Gasteiger partial charge in [-0.2, -0.15) is 0 Å². The third kappa shape index (κ3) is 2.65. The zero-order chi connectivity index (χ0) is 7.28. The summed E-state index contributed by atoms with van der Waals surface area (Å²) in [5.41, 5.74) is 12.6. The molecule has 0 aromatic heterocycles. The number of aliphatic hydroxyl groups is 1. The summed E-state index contributed by atoms with van der Waals surface area (Å²) in [4.78, 5) is 12.5. The first-order chi connectivity index (χ1) is 4.22. The molecule has 0 saturated carbocycles. The van der Waals surface area contributed by atoms with Crippen LogP contribution < -0.4 is 5.73 Å². The maximum absolute atomic E-state index is 10.3. The van der Waals surface area contributed by atoms with Gasteiger partial charge >= 0.3 is 0 Å². The summed E-state index contributed by atoms with van der Waals surface area (Å²) in [7, 11) is 0. The van der Waals surface area contributed by atoms with Crippen molar-refractivity contribution in [3.8, 4) is 0 Å². The van der Waals surface area contributed by atoms with Gasteiger partial charge in [-0.05, 0) is 10.6 Å². The average Bonchev–Trinajstić information content (AvgIpc) is 1.87. The Labute approximate surface area is 50.9 Å². The summed E-state index contributed by atoms with van der Waals surface area (Å²) >= 11 is 0. The molecule has 1 atom stereocenters. The monoisotopic (exact) mass is 130 g/mol. The molecule has 6 heteroatoms. The number of aliphatic hydroxyl groups excluding tert-OH is 1. The SMILES string of the molecule is [N-]=[N+]=NC(=O)[C@@H](N)CO. The van der Waals surface area contributed by atoms with Crippen molar-refractivity contribution in [3.05, 3.63) is 10.4 Å². The van der Waals surface area contributed by atoms with Gasteiger partial charge < -0.3 is 10.8 Å². The van der Waals surface area contributed by atoms with E-state index >= 15 is 0 Å². The van der Waals surface area contributed by atoms with Crippen molar-refractivity contribution in [1.29, 1.82) is 0 Å². The van der Waals surface area contributed by atoms with Crippen LogP contribution in [0.5, 0.6) is 0 Å². The Kier molecular flexibility index (Phi) is 3.38. The number of hydrogen-bond donors (Lipinski definition) is 2. The number of azide groups is 1. The molecule has 0 aromatic rings. The van der Waals surface area contributed by atoms with Gasteiger partial charge in [-0.1, -0.05) is 0 Å². The van der Waals surface area contributed by atoms with Gasteiger partial charge in [-0.25, -0.2) is 0 Å². The Morgan fingerprint density at radius 1 is 2.00 bits per heavy atom. The summed E-state index contributed by atoms with van der Waals surface area (Å²) in [5.74, 6) is -0.847. The van der Waals surface area contributed by atoms with Gasteiger partial charge in [0.1, 0.15) is 0 Å². The summed E-state index contributed by atoms with van der Waals surface area (Å²) in [6, 6.07) is -1.08. The standard InChI is InChI=1S/C3H6N4O2/c4-2(1-8)3(9)6-7-5/h2,8H,1,4H2/t2-/m0/s1.